The number of carbonyl (C=O) groups is 1. The Morgan fingerprint density at radius 1 is 1.47 bits per heavy atom. The van der Waals surface area contributed by atoms with Crippen LogP contribution < -0.4 is 11.1 Å². The van der Waals surface area contributed by atoms with E-state index in [1.165, 1.54) is 0 Å². The van der Waals surface area contributed by atoms with Gasteiger partial charge in [0.25, 0.3) is 5.91 Å². The molecule has 1 aromatic rings. The summed E-state index contributed by atoms with van der Waals surface area (Å²) in [6.45, 7) is 5.36. The van der Waals surface area contributed by atoms with Crippen LogP contribution in [0.1, 0.15) is 36.2 Å². The Morgan fingerprint density at radius 2 is 2.16 bits per heavy atom. The molecule has 1 aliphatic heterocycles. The highest BCUT2D eigenvalue weighted by atomic mass is 16.5. The van der Waals surface area contributed by atoms with E-state index >= 15 is 0 Å². The van der Waals surface area contributed by atoms with Crippen LogP contribution in [-0.4, -0.2) is 30.7 Å². The van der Waals surface area contributed by atoms with Crippen LogP contribution in [0.15, 0.2) is 24.3 Å². The van der Waals surface area contributed by atoms with Gasteiger partial charge in [-0.2, -0.15) is 0 Å². The number of hydrogen-bond donors (Lipinski definition) is 2. The Kier molecular flexibility index (Phi) is 4.22. The number of hydrogen-bond acceptors (Lipinski definition) is 3. The van der Waals surface area contributed by atoms with Gasteiger partial charge in [-0.3, -0.25) is 4.79 Å². The highest BCUT2D eigenvalue weighted by molar-refractivity contribution is 5.94. The predicted octanol–water partition coefficient (Wildman–Crippen LogP) is 1.49. The van der Waals surface area contributed by atoms with E-state index in [0.717, 1.165) is 18.4 Å². The van der Waals surface area contributed by atoms with E-state index in [1.54, 1.807) is 0 Å². The molecule has 1 saturated heterocycles. The summed E-state index contributed by atoms with van der Waals surface area (Å²) < 4.78 is 5.53. The van der Waals surface area contributed by atoms with E-state index in [4.69, 9.17) is 10.5 Å². The van der Waals surface area contributed by atoms with Crippen molar-refractivity contribution in [2.24, 2.45) is 5.73 Å². The normalized spacial score (nSPS) is 26.4. The molecule has 1 aromatic carbocycles. The van der Waals surface area contributed by atoms with Gasteiger partial charge in [-0.1, -0.05) is 12.1 Å². The molecule has 2 unspecified atom stereocenters. The average molecular weight is 262 g/mol. The molecule has 0 spiro atoms. The summed E-state index contributed by atoms with van der Waals surface area (Å²) in [5, 5.41) is 3.08. The van der Waals surface area contributed by atoms with Crippen molar-refractivity contribution in [3.63, 3.8) is 0 Å². The quantitative estimate of drug-likeness (QED) is 0.864. The summed E-state index contributed by atoms with van der Waals surface area (Å²) >= 11 is 0. The van der Waals surface area contributed by atoms with Crippen LogP contribution >= 0.6 is 0 Å². The molecule has 0 aromatic heterocycles. The van der Waals surface area contributed by atoms with Crippen LogP contribution in [0.5, 0.6) is 0 Å². The van der Waals surface area contributed by atoms with Crippen LogP contribution in [0.4, 0.5) is 0 Å². The van der Waals surface area contributed by atoms with E-state index in [0.29, 0.717) is 18.7 Å². The Bertz CT molecular complexity index is 444. The van der Waals surface area contributed by atoms with Gasteiger partial charge in [-0.25, -0.2) is 0 Å². The van der Waals surface area contributed by atoms with Crippen molar-refractivity contribution < 1.29 is 9.53 Å². The largest absolute Gasteiger partial charge is 0.376 e. The second-order valence-corrected chi connectivity index (χ2v) is 5.37. The van der Waals surface area contributed by atoms with Crippen molar-refractivity contribution in [1.29, 1.82) is 0 Å². The number of rotatable bonds is 4. The first-order valence-electron chi connectivity index (χ1n) is 6.78. The van der Waals surface area contributed by atoms with Gasteiger partial charge < -0.3 is 15.8 Å². The molecule has 3 N–H and O–H groups in total. The zero-order valence-electron chi connectivity index (χ0n) is 11.6. The number of ether oxygens (including phenoxy) is 1. The molecular weight excluding hydrogens is 240 g/mol. The van der Waals surface area contributed by atoms with Gasteiger partial charge in [0, 0.05) is 12.2 Å². The summed E-state index contributed by atoms with van der Waals surface area (Å²) in [6, 6.07) is 7.62. The lowest BCUT2D eigenvalue weighted by Gasteiger charge is -2.28. The molecule has 0 aliphatic carbocycles. The van der Waals surface area contributed by atoms with Gasteiger partial charge in [0.2, 0.25) is 0 Å². The van der Waals surface area contributed by atoms with Crippen molar-refractivity contribution in [3.8, 4) is 0 Å². The lowest BCUT2D eigenvalue weighted by molar-refractivity contribution is 0.0727. The topological polar surface area (TPSA) is 64.3 Å². The lowest BCUT2D eigenvalue weighted by atomic mass is 9.94. The molecule has 1 aliphatic rings. The van der Waals surface area contributed by atoms with Crippen LogP contribution in [-0.2, 0) is 11.2 Å². The molecule has 1 amide bonds. The number of carbonyl (C=O) groups excluding carboxylic acids is 1. The van der Waals surface area contributed by atoms with Crippen molar-refractivity contribution in [2.45, 2.75) is 38.3 Å². The first kappa shape index (κ1) is 14.0. The maximum atomic E-state index is 12.2. The van der Waals surface area contributed by atoms with Gasteiger partial charge >= 0.3 is 0 Å². The number of nitrogens with two attached hydrogens (primary N) is 1. The van der Waals surface area contributed by atoms with E-state index in [9.17, 15) is 4.79 Å². The first-order valence-corrected chi connectivity index (χ1v) is 6.78. The first-order chi connectivity index (χ1) is 9.05. The molecular formula is C15H22N2O2. The third-order valence-electron chi connectivity index (χ3n) is 3.93. The maximum absolute atomic E-state index is 12.2. The highest BCUT2D eigenvalue weighted by Crippen LogP contribution is 2.25. The number of nitrogens with one attached hydrogen (secondary N) is 1. The van der Waals surface area contributed by atoms with Crippen molar-refractivity contribution in [1.82, 2.24) is 5.32 Å². The van der Waals surface area contributed by atoms with Gasteiger partial charge in [-0.15, -0.1) is 0 Å². The Balaban J connectivity index is 2.03. The number of amides is 1. The maximum Gasteiger partial charge on any atom is 0.251 e. The Hall–Kier alpha value is -1.39. The zero-order chi connectivity index (χ0) is 13.9. The minimum Gasteiger partial charge on any atom is -0.376 e. The summed E-state index contributed by atoms with van der Waals surface area (Å²) in [5.74, 6) is -0.0425. The molecule has 1 fully saturated rings. The van der Waals surface area contributed by atoms with Gasteiger partial charge in [0.05, 0.1) is 11.6 Å². The van der Waals surface area contributed by atoms with Gasteiger partial charge in [0.15, 0.2) is 0 Å². The van der Waals surface area contributed by atoms with Crippen LogP contribution in [0.25, 0.3) is 0 Å². The average Bonchev–Trinajstić information content (AvgIpc) is 2.70. The fourth-order valence-electron chi connectivity index (χ4n) is 2.32. The predicted molar refractivity (Wildman–Crippen MR) is 75.1 cm³/mol. The smallest absolute Gasteiger partial charge is 0.251 e. The second-order valence-electron chi connectivity index (χ2n) is 5.37. The molecule has 104 valence electrons. The Labute approximate surface area is 114 Å². The summed E-state index contributed by atoms with van der Waals surface area (Å²) in [4.78, 5) is 12.2. The van der Waals surface area contributed by atoms with Gasteiger partial charge in [-0.05, 0) is 50.9 Å². The molecule has 2 rings (SSSR count). The standard InChI is InChI=1S/C15H22N2O2/c1-11-15(2,8-10-19-11)17-14(18)13-5-3-12(4-6-13)7-9-16/h3-6,11H,7-10,16H2,1-2H3,(H,17,18). The summed E-state index contributed by atoms with van der Waals surface area (Å²) in [6.07, 6.45) is 1.74. The minimum atomic E-state index is -0.271. The number of benzene rings is 1. The summed E-state index contributed by atoms with van der Waals surface area (Å²) in [7, 11) is 0. The van der Waals surface area contributed by atoms with Gasteiger partial charge in [0.1, 0.15) is 0 Å². The molecule has 4 nitrogen and oxygen atoms in total. The van der Waals surface area contributed by atoms with E-state index < -0.39 is 0 Å². The highest BCUT2D eigenvalue weighted by Gasteiger charge is 2.38. The fraction of sp³-hybridized carbons (Fsp3) is 0.533. The monoisotopic (exact) mass is 262 g/mol. The van der Waals surface area contributed by atoms with E-state index in [1.807, 2.05) is 38.1 Å². The molecule has 0 radical (unpaired) electrons. The molecule has 19 heavy (non-hydrogen) atoms. The molecule has 0 bridgehead atoms. The molecule has 0 saturated carbocycles. The van der Waals surface area contributed by atoms with Crippen molar-refractivity contribution >= 4 is 5.91 Å². The Morgan fingerprint density at radius 3 is 2.68 bits per heavy atom. The SMILES string of the molecule is CC1OCCC1(C)NC(=O)c1ccc(CCN)cc1. The van der Waals surface area contributed by atoms with Crippen LogP contribution in [0.3, 0.4) is 0 Å². The zero-order valence-corrected chi connectivity index (χ0v) is 11.6. The van der Waals surface area contributed by atoms with Crippen LogP contribution in [0.2, 0.25) is 0 Å². The summed E-state index contributed by atoms with van der Waals surface area (Å²) in [5.41, 5.74) is 7.07. The van der Waals surface area contributed by atoms with E-state index in [-0.39, 0.29) is 17.6 Å². The molecule has 2 atom stereocenters. The third kappa shape index (κ3) is 3.14. The lowest BCUT2D eigenvalue weighted by Crippen LogP contribution is -2.50. The van der Waals surface area contributed by atoms with Crippen molar-refractivity contribution in [3.05, 3.63) is 35.4 Å². The third-order valence-corrected chi connectivity index (χ3v) is 3.93. The van der Waals surface area contributed by atoms with Crippen LogP contribution in [0, 0.1) is 0 Å². The van der Waals surface area contributed by atoms with Crippen molar-refractivity contribution in [2.75, 3.05) is 13.2 Å². The second kappa shape index (κ2) is 5.72. The molecule has 1 heterocycles. The molecule has 4 heteroatoms. The minimum absolute atomic E-state index is 0.0425. The van der Waals surface area contributed by atoms with E-state index in [2.05, 4.69) is 5.32 Å². The fourth-order valence-corrected chi connectivity index (χ4v) is 2.32.